The molecule has 2 heterocycles. The monoisotopic (exact) mass is 436 g/mol. The minimum atomic E-state index is -0.199. The zero-order valence-corrected chi connectivity index (χ0v) is 19.4. The smallest absolute Gasteiger partial charge is 0.250 e. The highest BCUT2D eigenvalue weighted by molar-refractivity contribution is 7.99. The minimum absolute atomic E-state index is 0.100. The third-order valence-electron chi connectivity index (χ3n) is 4.80. The van der Waals surface area contributed by atoms with Gasteiger partial charge in [0.1, 0.15) is 0 Å². The molecule has 0 aliphatic heterocycles. The van der Waals surface area contributed by atoms with Crippen LogP contribution in [-0.2, 0) is 16.8 Å². The first-order chi connectivity index (χ1) is 14.8. The van der Waals surface area contributed by atoms with Gasteiger partial charge >= 0.3 is 0 Å². The highest BCUT2D eigenvalue weighted by Crippen LogP contribution is 2.27. The first-order valence-corrected chi connectivity index (χ1v) is 11.2. The summed E-state index contributed by atoms with van der Waals surface area (Å²) in [6.45, 7) is 11.2. The van der Waals surface area contributed by atoms with E-state index in [1.807, 2.05) is 30.5 Å². The number of pyridine rings is 1. The van der Waals surface area contributed by atoms with Crippen LogP contribution in [0.1, 0.15) is 45.7 Å². The van der Waals surface area contributed by atoms with Crippen LogP contribution in [0, 0.1) is 0 Å². The van der Waals surface area contributed by atoms with Gasteiger partial charge in [-0.1, -0.05) is 62.9 Å². The Morgan fingerprint density at radius 3 is 2.52 bits per heavy atom. The number of rotatable bonds is 7. The molecule has 0 unspecified atom stereocenters. The second kappa shape index (κ2) is 9.87. The van der Waals surface area contributed by atoms with E-state index >= 15 is 0 Å². The molecular weight excluding hydrogens is 408 g/mol. The van der Waals surface area contributed by atoms with E-state index in [1.165, 1.54) is 17.3 Å². The van der Waals surface area contributed by atoms with Crippen molar-refractivity contribution in [3.63, 3.8) is 0 Å². The van der Waals surface area contributed by atoms with Gasteiger partial charge in [0.2, 0.25) is 0 Å². The van der Waals surface area contributed by atoms with Crippen LogP contribution in [0.2, 0.25) is 0 Å². The molecule has 1 amide bonds. The molecule has 0 radical (unpaired) electrons. The van der Waals surface area contributed by atoms with Gasteiger partial charge in [0.25, 0.3) is 5.91 Å². The summed E-state index contributed by atoms with van der Waals surface area (Å²) in [6, 6.07) is 12.1. The summed E-state index contributed by atoms with van der Waals surface area (Å²) in [5, 5.41) is 13.5. The van der Waals surface area contributed by atoms with E-state index in [-0.39, 0.29) is 17.1 Å². The number of nitrogens with one attached hydrogen (secondary N) is 1. The van der Waals surface area contributed by atoms with Crippen molar-refractivity contribution >= 4 is 23.4 Å². The van der Waals surface area contributed by atoms with E-state index < -0.39 is 0 Å². The summed E-state index contributed by atoms with van der Waals surface area (Å²) in [7, 11) is 0. The fraction of sp³-hybridized carbons (Fsp3) is 0.348. The van der Waals surface area contributed by atoms with Crippen molar-refractivity contribution < 1.29 is 4.79 Å². The number of benzene rings is 1. The second-order valence-electron chi connectivity index (χ2n) is 8.14. The number of amides is 1. The highest BCUT2D eigenvalue weighted by atomic mass is 32.2. The van der Waals surface area contributed by atoms with Crippen molar-refractivity contribution in [1.82, 2.24) is 25.2 Å². The maximum absolute atomic E-state index is 12.2. The molecule has 0 saturated carbocycles. The summed E-state index contributed by atoms with van der Waals surface area (Å²) >= 11 is 1.35. The van der Waals surface area contributed by atoms with Crippen LogP contribution in [-0.4, -0.2) is 37.1 Å². The van der Waals surface area contributed by atoms with Crippen molar-refractivity contribution in [1.29, 1.82) is 0 Å². The molecular formula is C23H28N6OS. The molecule has 0 atom stereocenters. The Kier molecular flexibility index (Phi) is 7.22. The molecule has 7 nitrogen and oxygen atoms in total. The number of thioether (sulfide) groups is 1. The van der Waals surface area contributed by atoms with Gasteiger partial charge in [-0.3, -0.25) is 9.78 Å². The molecule has 3 rings (SSSR count). The van der Waals surface area contributed by atoms with Crippen LogP contribution >= 0.6 is 11.8 Å². The molecule has 0 spiro atoms. The quantitative estimate of drug-likeness (QED) is 0.339. The molecule has 162 valence electrons. The molecule has 1 aromatic carbocycles. The standard InChI is InChI=1S/C23H28N6OS/c1-6-29-21(17-9-11-19(12-10-17)23(3,4)5)27-28-22(29)31-15-20(30)26-25-16(2)18-8-7-13-24-14-18/h7-14H,6,15H2,1-5H3,(H,26,30)/b25-16+. The van der Waals surface area contributed by atoms with Crippen LogP contribution in [0.4, 0.5) is 0 Å². The number of hydrogen-bond acceptors (Lipinski definition) is 6. The Bertz CT molecular complexity index is 1050. The highest BCUT2D eigenvalue weighted by Gasteiger charge is 2.17. The van der Waals surface area contributed by atoms with Gasteiger partial charge < -0.3 is 4.57 Å². The van der Waals surface area contributed by atoms with E-state index in [0.717, 1.165) is 17.0 Å². The molecule has 0 fully saturated rings. The van der Waals surface area contributed by atoms with Crippen molar-refractivity contribution in [2.45, 2.75) is 51.7 Å². The molecule has 0 aliphatic rings. The van der Waals surface area contributed by atoms with Crippen molar-refractivity contribution in [2.24, 2.45) is 5.10 Å². The lowest BCUT2D eigenvalue weighted by atomic mass is 9.87. The van der Waals surface area contributed by atoms with Crippen molar-refractivity contribution in [3.8, 4) is 11.4 Å². The average Bonchev–Trinajstić information content (AvgIpc) is 3.19. The lowest BCUT2D eigenvalue weighted by Crippen LogP contribution is -2.21. The van der Waals surface area contributed by atoms with Gasteiger partial charge in [0.15, 0.2) is 11.0 Å². The fourth-order valence-corrected chi connectivity index (χ4v) is 3.76. The Morgan fingerprint density at radius 1 is 1.16 bits per heavy atom. The number of nitrogens with zero attached hydrogens (tertiary/aromatic N) is 5. The first kappa shape index (κ1) is 22.7. The van der Waals surface area contributed by atoms with Crippen LogP contribution in [0.25, 0.3) is 11.4 Å². The summed E-state index contributed by atoms with van der Waals surface area (Å²) in [6.07, 6.45) is 3.40. The van der Waals surface area contributed by atoms with Gasteiger partial charge in [0, 0.05) is 30.1 Å². The zero-order chi connectivity index (χ0) is 22.4. The molecule has 3 aromatic rings. The SMILES string of the molecule is CCn1c(SCC(=O)N/N=C(\C)c2cccnc2)nnc1-c1ccc(C(C)(C)C)cc1. The molecule has 2 aromatic heterocycles. The molecule has 31 heavy (non-hydrogen) atoms. The molecule has 0 aliphatic carbocycles. The van der Waals surface area contributed by atoms with E-state index in [9.17, 15) is 4.79 Å². The Morgan fingerprint density at radius 2 is 1.90 bits per heavy atom. The van der Waals surface area contributed by atoms with Gasteiger partial charge in [-0.25, -0.2) is 5.43 Å². The van der Waals surface area contributed by atoms with Crippen LogP contribution < -0.4 is 5.43 Å². The number of carbonyl (C=O) groups excluding carboxylic acids is 1. The van der Waals surface area contributed by atoms with Crippen LogP contribution in [0.15, 0.2) is 59.0 Å². The topological polar surface area (TPSA) is 85.1 Å². The third kappa shape index (κ3) is 5.79. The maximum Gasteiger partial charge on any atom is 0.250 e. The van der Waals surface area contributed by atoms with E-state index in [4.69, 9.17) is 0 Å². The number of hydrogen-bond donors (Lipinski definition) is 1. The fourth-order valence-electron chi connectivity index (χ4n) is 2.96. The number of carbonyl (C=O) groups is 1. The van der Waals surface area contributed by atoms with Crippen LogP contribution in [0.5, 0.6) is 0 Å². The van der Waals surface area contributed by atoms with Crippen molar-refractivity contribution in [2.75, 3.05) is 5.75 Å². The Labute approximate surface area is 187 Å². The first-order valence-electron chi connectivity index (χ1n) is 10.2. The summed E-state index contributed by atoms with van der Waals surface area (Å²) in [5.41, 5.74) is 6.53. The predicted molar refractivity (Wildman–Crippen MR) is 125 cm³/mol. The van der Waals surface area contributed by atoms with Gasteiger partial charge in [-0.2, -0.15) is 5.10 Å². The normalized spacial score (nSPS) is 12.1. The van der Waals surface area contributed by atoms with E-state index in [0.29, 0.717) is 17.4 Å². The zero-order valence-electron chi connectivity index (χ0n) is 18.6. The summed E-state index contributed by atoms with van der Waals surface area (Å²) < 4.78 is 2.02. The van der Waals surface area contributed by atoms with Gasteiger partial charge in [0.05, 0.1) is 11.5 Å². The van der Waals surface area contributed by atoms with Gasteiger partial charge in [-0.05, 0) is 30.9 Å². The number of aromatic nitrogens is 4. The third-order valence-corrected chi connectivity index (χ3v) is 5.77. The molecule has 0 bridgehead atoms. The van der Waals surface area contributed by atoms with E-state index in [2.05, 4.69) is 70.7 Å². The summed E-state index contributed by atoms with van der Waals surface area (Å²) in [4.78, 5) is 16.3. The molecule has 8 heteroatoms. The lowest BCUT2D eigenvalue weighted by Gasteiger charge is -2.19. The largest absolute Gasteiger partial charge is 0.302 e. The number of hydrazone groups is 1. The minimum Gasteiger partial charge on any atom is -0.302 e. The molecule has 0 saturated heterocycles. The van der Waals surface area contributed by atoms with Gasteiger partial charge in [-0.15, -0.1) is 10.2 Å². The lowest BCUT2D eigenvalue weighted by molar-refractivity contribution is -0.118. The summed E-state index contributed by atoms with van der Waals surface area (Å²) in [5.74, 6) is 0.802. The second-order valence-corrected chi connectivity index (χ2v) is 9.08. The Balaban J connectivity index is 1.65. The van der Waals surface area contributed by atoms with Crippen LogP contribution in [0.3, 0.4) is 0 Å². The predicted octanol–water partition coefficient (Wildman–Crippen LogP) is 4.29. The molecule has 1 N–H and O–H groups in total. The Hall–Kier alpha value is -3.00. The van der Waals surface area contributed by atoms with E-state index in [1.54, 1.807) is 12.4 Å². The van der Waals surface area contributed by atoms with Crippen molar-refractivity contribution in [3.05, 3.63) is 59.9 Å². The average molecular weight is 437 g/mol. The maximum atomic E-state index is 12.2.